The van der Waals surface area contributed by atoms with Gasteiger partial charge in [-0.15, -0.1) is 22.7 Å². The van der Waals surface area contributed by atoms with Gasteiger partial charge >= 0.3 is 0 Å². The fourth-order valence-corrected chi connectivity index (χ4v) is 4.17. The lowest BCUT2D eigenvalue weighted by Crippen LogP contribution is -2.29. The summed E-state index contributed by atoms with van der Waals surface area (Å²) < 4.78 is 7.63. The Balaban J connectivity index is 1.42. The van der Waals surface area contributed by atoms with Gasteiger partial charge in [-0.1, -0.05) is 0 Å². The Kier molecular flexibility index (Phi) is 3.63. The van der Waals surface area contributed by atoms with Crippen molar-refractivity contribution in [3.05, 3.63) is 22.5 Å². The minimum absolute atomic E-state index is 0.0435. The lowest BCUT2D eigenvalue weighted by Gasteiger charge is -2.16. The summed E-state index contributed by atoms with van der Waals surface area (Å²) in [5, 5.41) is 2.00. The van der Waals surface area contributed by atoms with Gasteiger partial charge in [-0.2, -0.15) is 0 Å². The second-order valence-electron chi connectivity index (χ2n) is 5.71. The first-order valence-electron chi connectivity index (χ1n) is 7.40. The number of hydrogen-bond donors (Lipinski definition) is 0. The van der Waals surface area contributed by atoms with Crippen LogP contribution in [0.1, 0.15) is 22.5 Å². The quantitative estimate of drug-likeness (QED) is 0.650. The summed E-state index contributed by atoms with van der Waals surface area (Å²) in [6.45, 7) is 2.07. The van der Waals surface area contributed by atoms with E-state index < -0.39 is 0 Å². The number of aromatic nitrogens is 2. The molecular formula is C15H17N3O2S2. The van der Waals surface area contributed by atoms with E-state index in [4.69, 9.17) is 4.74 Å². The smallest absolute Gasteiger partial charge is 0.263 e. The minimum Gasteiger partial charge on any atom is -0.379 e. The fraction of sp³-hybridized carbons (Fsp3) is 0.467. The van der Waals surface area contributed by atoms with Crippen LogP contribution < -0.4 is 0 Å². The summed E-state index contributed by atoms with van der Waals surface area (Å²) in [6.07, 6.45) is 4.58. The Morgan fingerprint density at radius 3 is 3.23 bits per heavy atom. The highest BCUT2D eigenvalue weighted by Gasteiger charge is 2.21. The molecule has 3 heterocycles. The van der Waals surface area contributed by atoms with E-state index in [2.05, 4.69) is 4.98 Å². The molecule has 3 aromatic heterocycles. The van der Waals surface area contributed by atoms with E-state index in [0.29, 0.717) is 13.2 Å². The Labute approximate surface area is 136 Å². The van der Waals surface area contributed by atoms with Gasteiger partial charge in [0.05, 0.1) is 17.0 Å². The van der Waals surface area contributed by atoms with E-state index in [0.717, 1.165) is 32.7 Å². The molecule has 5 nitrogen and oxygen atoms in total. The van der Waals surface area contributed by atoms with Gasteiger partial charge in [0.15, 0.2) is 4.96 Å². The fourth-order valence-electron chi connectivity index (χ4n) is 2.38. The maximum atomic E-state index is 12.5. The number of hydrogen-bond acceptors (Lipinski definition) is 5. The van der Waals surface area contributed by atoms with Crippen molar-refractivity contribution in [1.82, 2.24) is 14.3 Å². The van der Waals surface area contributed by atoms with Gasteiger partial charge in [0.2, 0.25) is 0 Å². The van der Waals surface area contributed by atoms with E-state index in [-0.39, 0.29) is 5.91 Å². The lowest BCUT2D eigenvalue weighted by molar-refractivity contribution is 0.0685. The van der Waals surface area contributed by atoms with Crippen molar-refractivity contribution in [2.24, 2.45) is 5.92 Å². The third kappa shape index (κ3) is 2.64. The molecule has 4 rings (SSSR count). The molecule has 0 atom stereocenters. The molecule has 3 aromatic rings. The van der Waals surface area contributed by atoms with Crippen molar-refractivity contribution in [2.75, 3.05) is 26.8 Å². The molecular weight excluding hydrogens is 318 g/mol. The molecule has 0 aromatic carbocycles. The minimum atomic E-state index is 0.0435. The normalized spacial score (nSPS) is 15.0. The predicted molar refractivity (Wildman–Crippen MR) is 89.0 cm³/mol. The first-order chi connectivity index (χ1) is 10.7. The third-order valence-electron chi connectivity index (χ3n) is 3.92. The number of imidazole rings is 1. The average molecular weight is 335 g/mol. The third-order valence-corrected chi connectivity index (χ3v) is 5.68. The Morgan fingerprint density at radius 1 is 1.55 bits per heavy atom. The molecule has 0 spiro atoms. The maximum absolute atomic E-state index is 12.5. The van der Waals surface area contributed by atoms with Gasteiger partial charge in [-0.25, -0.2) is 4.98 Å². The molecule has 7 heteroatoms. The average Bonchev–Trinajstić information content (AvgIpc) is 2.92. The molecule has 0 radical (unpaired) electrons. The van der Waals surface area contributed by atoms with Crippen LogP contribution in [0.15, 0.2) is 17.6 Å². The van der Waals surface area contributed by atoms with Gasteiger partial charge in [-0.3, -0.25) is 9.20 Å². The van der Waals surface area contributed by atoms with Crippen LogP contribution in [0.25, 0.3) is 15.3 Å². The molecule has 0 aliphatic heterocycles. The Hall–Kier alpha value is -1.44. The number of ether oxygens (including phenoxy) is 1. The predicted octanol–water partition coefficient (Wildman–Crippen LogP) is 3.11. The van der Waals surface area contributed by atoms with E-state index in [1.165, 1.54) is 24.2 Å². The molecule has 22 heavy (non-hydrogen) atoms. The summed E-state index contributed by atoms with van der Waals surface area (Å²) in [7, 11) is 1.83. The molecule has 116 valence electrons. The molecule has 1 aliphatic rings. The van der Waals surface area contributed by atoms with Crippen LogP contribution in [0.5, 0.6) is 0 Å². The van der Waals surface area contributed by atoms with E-state index in [1.54, 1.807) is 16.2 Å². The largest absolute Gasteiger partial charge is 0.379 e. The summed E-state index contributed by atoms with van der Waals surface area (Å²) >= 11 is 3.07. The van der Waals surface area contributed by atoms with Crippen LogP contribution in [-0.4, -0.2) is 47.0 Å². The number of carbonyl (C=O) groups excluding carboxylic acids is 1. The zero-order valence-electron chi connectivity index (χ0n) is 12.3. The van der Waals surface area contributed by atoms with E-state index >= 15 is 0 Å². The first-order valence-corrected chi connectivity index (χ1v) is 9.10. The maximum Gasteiger partial charge on any atom is 0.263 e. The number of carbonyl (C=O) groups is 1. The summed E-state index contributed by atoms with van der Waals surface area (Å²) in [6, 6.07) is 1.94. The SMILES string of the molecule is CN(CCOCC1CC1)C(=O)c1cc2c(nc3sccn32)s1. The number of likely N-dealkylation sites (N-methyl/N-ethyl adjacent to an activating group) is 1. The molecule has 0 saturated heterocycles. The molecule has 0 unspecified atom stereocenters. The van der Waals surface area contributed by atoms with Crippen molar-refractivity contribution < 1.29 is 9.53 Å². The monoisotopic (exact) mass is 335 g/mol. The van der Waals surface area contributed by atoms with Crippen LogP contribution >= 0.6 is 22.7 Å². The highest BCUT2D eigenvalue weighted by Crippen LogP contribution is 2.29. The molecule has 1 aliphatic carbocycles. The lowest BCUT2D eigenvalue weighted by atomic mass is 10.4. The topological polar surface area (TPSA) is 46.8 Å². The molecule has 1 fully saturated rings. The highest BCUT2D eigenvalue weighted by atomic mass is 32.1. The van der Waals surface area contributed by atoms with Crippen molar-refractivity contribution in [3.8, 4) is 0 Å². The Bertz CT molecular complexity index is 815. The Morgan fingerprint density at radius 2 is 2.41 bits per heavy atom. The second kappa shape index (κ2) is 5.64. The molecule has 0 bridgehead atoms. The number of amides is 1. The first kappa shape index (κ1) is 14.2. The highest BCUT2D eigenvalue weighted by molar-refractivity contribution is 7.21. The number of thiophene rings is 1. The number of thiazole rings is 1. The van der Waals surface area contributed by atoms with Crippen LogP contribution in [0, 0.1) is 5.92 Å². The van der Waals surface area contributed by atoms with Crippen molar-refractivity contribution in [3.63, 3.8) is 0 Å². The van der Waals surface area contributed by atoms with Crippen LogP contribution in [0.3, 0.4) is 0 Å². The van der Waals surface area contributed by atoms with Gasteiger partial charge in [-0.05, 0) is 24.8 Å². The number of nitrogens with zero attached hydrogens (tertiary/aromatic N) is 3. The number of rotatable bonds is 6. The van der Waals surface area contributed by atoms with Gasteiger partial charge < -0.3 is 9.64 Å². The van der Waals surface area contributed by atoms with Gasteiger partial charge in [0, 0.05) is 31.8 Å². The van der Waals surface area contributed by atoms with Gasteiger partial charge in [0.1, 0.15) is 4.83 Å². The van der Waals surface area contributed by atoms with Crippen molar-refractivity contribution in [1.29, 1.82) is 0 Å². The zero-order valence-corrected chi connectivity index (χ0v) is 14.0. The van der Waals surface area contributed by atoms with E-state index in [1.807, 2.05) is 29.1 Å². The number of fused-ring (bicyclic) bond motifs is 3. The van der Waals surface area contributed by atoms with Gasteiger partial charge in [0.25, 0.3) is 5.91 Å². The summed E-state index contributed by atoms with van der Waals surface area (Å²) in [5.41, 5.74) is 1.02. The van der Waals surface area contributed by atoms with Crippen molar-refractivity contribution >= 4 is 43.9 Å². The van der Waals surface area contributed by atoms with Crippen LogP contribution in [0.2, 0.25) is 0 Å². The summed E-state index contributed by atoms with van der Waals surface area (Å²) in [5.74, 6) is 0.807. The molecule has 1 amide bonds. The van der Waals surface area contributed by atoms with Crippen LogP contribution in [0.4, 0.5) is 0 Å². The zero-order chi connectivity index (χ0) is 15.1. The van der Waals surface area contributed by atoms with E-state index in [9.17, 15) is 4.79 Å². The summed E-state index contributed by atoms with van der Waals surface area (Å²) in [4.78, 5) is 21.4. The van der Waals surface area contributed by atoms with Crippen LogP contribution in [-0.2, 0) is 4.74 Å². The molecule has 0 N–H and O–H groups in total. The second-order valence-corrected chi connectivity index (χ2v) is 7.62. The van der Waals surface area contributed by atoms with Crippen molar-refractivity contribution in [2.45, 2.75) is 12.8 Å². The molecule has 1 saturated carbocycles. The standard InChI is InChI=1S/C15H17N3O2S2/c1-17(4-6-20-9-10-2-3-10)14(19)12-8-11-13(22-12)16-15-18(11)5-7-21-15/h5,7-8,10H,2-4,6,9H2,1H3.